The molecule has 2 aromatic carbocycles. The summed E-state index contributed by atoms with van der Waals surface area (Å²) in [6.07, 6.45) is 3.21. The minimum absolute atomic E-state index is 0. The number of nitrogens with one attached hydrogen (secondary N) is 1. The van der Waals surface area contributed by atoms with Gasteiger partial charge >= 0.3 is 0 Å². The molecule has 5 N–H and O–H groups in total. The molecule has 0 aliphatic carbocycles. The standard InChI is InChI=1S/C28H35Cl2N5O3.ClH/c29-22-9-7-19(14-23(22)30)16-33-27(37)24(10-11-26(32)36)34-13-12-21(8-6-18-4-2-1-3-5-18)35-17-20(31)15-25(35)28(34)38;/h1-5,7,9,14,20-21,24-25H,6,8,10-13,15-17,31H2,(H2,32,36)(H,33,37);1H/t20-,21?,24-,25+;/m1./s1. The van der Waals surface area contributed by atoms with Crippen molar-refractivity contribution in [3.05, 3.63) is 69.7 Å². The molecule has 2 heterocycles. The van der Waals surface area contributed by atoms with E-state index in [1.54, 1.807) is 23.1 Å². The number of hydrogen-bond acceptors (Lipinski definition) is 5. The van der Waals surface area contributed by atoms with E-state index in [2.05, 4.69) is 22.3 Å². The number of rotatable bonds is 10. The zero-order valence-electron chi connectivity index (χ0n) is 21.7. The third kappa shape index (κ3) is 8.08. The Labute approximate surface area is 245 Å². The highest BCUT2D eigenvalue weighted by molar-refractivity contribution is 6.42. The first-order chi connectivity index (χ1) is 18.2. The van der Waals surface area contributed by atoms with Crippen LogP contribution in [0.5, 0.6) is 0 Å². The van der Waals surface area contributed by atoms with E-state index in [0.717, 1.165) is 24.8 Å². The van der Waals surface area contributed by atoms with E-state index in [-0.39, 0.29) is 61.7 Å². The van der Waals surface area contributed by atoms with Crippen molar-refractivity contribution in [1.82, 2.24) is 15.1 Å². The van der Waals surface area contributed by atoms with Crippen LogP contribution >= 0.6 is 35.6 Å². The molecule has 0 saturated carbocycles. The minimum Gasteiger partial charge on any atom is -0.370 e. The Morgan fingerprint density at radius 3 is 2.51 bits per heavy atom. The summed E-state index contributed by atoms with van der Waals surface area (Å²) in [6, 6.07) is 14.3. The van der Waals surface area contributed by atoms with Crippen molar-refractivity contribution in [2.45, 2.75) is 69.2 Å². The summed E-state index contributed by atoms with van der Waals surface area (Å²) in [6.45, 7) is 1.29. The van der Waals surface area contributed by atoms with E-state index in [1.807, 2.05) is 18.2 Å². The lowest BCUT2D eigenvalue weighted by atomic mass is 10.0. The zero-order chi connectivity index (χ0) is 27.2. The maximum atomic E-state index is 13.8. The lowest BCUT2D eigenvalue weighted by Gasteiger charge is -2.32. The number of fused-ring (bicyclic) bond motifs is 1. The van der Waals surface area contributed by atoms with Crippen LogP contribution in [0.25, 0.3) is 0 Å². The first-order valence-electron chi connectivity index (χ1n) is 13.1. The van der Waals surface area contributed by atoms with E-state index >= 15 is 0 Å². The van der Waals surface area contributed by atoms with E-state index in [0.29, 0.717) is 29.6 Å². The smallest absolute Gasteiger partial charge is 0.243 e. The van der Waals surface area contributed by atoms with Gasteiger partial charge in [0.2, 0.25) is 17.7 Å². The van der Waals surface area contributed by atoms with Crippen molar-refractivity contribution in [3.63, 3.8) is 0 Å². The molecule has 212 valence electrons. The fourth-order valence-electron chi connectivity index (χ4n) is 5.56. The number of carbonyl (C=O) groups excluding carboxylic acids is 3. The van der Waals surface area contributed by atoms with Crippen molar-refractivity contribution in [3.8, 4) is 0 Å². The second kappa shape index (κ2) is 14.3. The fourth-order valence-corrected chi connectivity index (χ4v) is 5.88. The van der Waals surface area contributed by atoms with Gasteiger partial charge < -0.3 is 21.7 Å². The molecule has 11 heteroatoms. The van der Waals surface area contributed by atoms with Crippen LogP contribution in [0.4, 0.5) is 0 Å². The Morgan fingerprint density at radius 2 is 1.82 bits per heavy atom. The molecule has 2 saturated heterocycles. The Morgan fingerprint density at radius 1 is 1.08 bits per heavy atom. The number of aryl methyl sites for hydroxylation is 1. The molecule has 8 nitrogen and oxygen atoms in total. The molecule has 0 spiro atoms. The van der Waals surface area contributed by atoms with E-state index in [4.69, 9.17) is 34.7 Å². The second-order valence-electron chi connectivity index (χ2n) is 10.2. The van der Waals surface area contributed by atoms with Gasteiger partial charge in [-0.1, -0.05) is 59.6 Å². The molecule has 2 aliphatic heterocycles. The SMILES string of the molecule is Cl.NC(=O)CC[C@H](C(=O)NCc1ccc(Cl)c(Cl)c1)N1CCC(CCc2ccccc2)N2C[C@H](N)C[C@H]2C1=O. The summed E-state index contributed by atoms with van der Waals surface area (Å²) >= 11 is 12.1. The molecule has 4 atom stereocenters. The lowest BCUT2D eigenvalue weighted by molar-refractivity contribution is -0.143. The topological polar surface area (TPSA) is 122 Å². The molecule has 0 bridgehead atoms. The van der Waals surface area contributed by atoms with Gasteiger partial charge in [0.25, 0.3) is 0 Å². The predicted molar refractivity (Wildman–Crippen MR) is 156 cm³/mol. The van der Waals surface area contributed by atoms with Crippen molar-refractivity contribution >= 4 is 53.3 Å². The maximum Gasteiger partial charge on any atom is 0.243 e. The van der Waals surface area contributed by atoms with Gasteiger partial charge in [-0.15, -0.1) is 12.4 Å². The molecule has 2 aromatic rings. The molecular formula is C28H36Cl3N5O3. The van der Waals surface area contributed by atoms with Crippen LogP contribution in [0.1, 0.15) is 43.2 Å². The molecule has 0 aromatic heterocycles. The number of benzene rings is 2. The van der Waals surface area contributed by atoms with Crippen LogP contribution in [-0.2, 0) is 27.3 Å². The summed E-state index contributed by atoms with van der Waals surface area (Å²) < 4.78 is 0. The minimum atomic E-state index is -0.815. The number of nitrogens with two attached hydrogens (primary N) is 2. The molecule has 1 unspecified atom stereocenters. The van der Waals surface area contributed by atoms with E-state index in [1.165, 1.54) is 5.56 Å². The average Bonchev–Trinajstić information content (AvgIpc) is 3.24. The Balaban J connectivity index is 0.00000420. The zero-order valence-corrected chi connectivity index (χ0v) is 24.1. The van der Waals surface area contributed by atoms with Gasteiger partial charge in [-0.2, -0.15) is 0 Å². The monoisotopic (exact) mass is 595 g/mol. The van der Waals surface area contributed by atoms with Gasteiger partial charge in [0, 0.05) is 38.1 Å². The van der Waals surface area contributed by atoms with Gasteiger partial charge in [0.1, 0.15) is 6.04 Å². The first-order valence-corrected chi connectivity index (χ1v) is 13.8. The normalized spacial score (nSPS) is 22.0. The van der Waals surface area contributed by atoms with Crippen molar-refractivity contribution in [1.29, 1.82) is 0 Å². The van der Waals surface area contributed by atoms with E-state index in [9.17, 15) is 14.4 Å². The summed E-state index contributed by atoms with van der Waals surface area (Å²) in [7, 11) is 0. The number of hydrogen-bond donors (Lipinski definition) is 3. The highest BCUT2D eigenvalue weighted by Crippen LogP contribution is 2.30. The highest BCUT2D eigenvalue weighted by atomic mass is 35.5. The van der Waals surface area contributed by atoms with Crippen LogP contribution in [0.15, 0.2) is 48.5 Å². The Kier molecular flexibility index (Phi) is 11.4. The van der Waals surface area contributed by atoms with Gasteiger partial charge in [-0.3, -0.25) is 19.3 Å². The fraction of sp³-hybridized carbons (Fsp3) is 0.464. The predicted octanol–water partition coefficient (Wildman–Crippen LogP) is 3.30. The molecule has 3 amide bonds. The van der Waals surface area contributed by atoms with Crippen molar-refractivity contribution in [2.24, 2.45) is 11.5 Å². The molecule has 39 heavy (non-hydrogen) atoms. The first kappa shape index (κ1) is 31.2. The maximum absolute atomic E-state index is 13.8. The van der Waals surface area contributed by atoms with Gasteiger partial charge in [0.15, 0.2) is 0 Å². The number of nitrogens with zero attached hydrogens (tertiary/aromatic N) is 2. The van der Waals surface area contributed by atoms with Crippen LogP contribution in [0.2, 0.25) is 10.0 Å². The highest BCUT2D eigenvalue weighted by Gasteiger charge is 2.45. The summed E-state index contributed by atoms with van der Waals surface area (Å²) in [5, 5.41) is 3.73. The summed E-state index contributed by atoms with van der Waals surface area (Å²) in [5.41, 5.74) is 13.8. The molecule has 2 aliphatic rings. The van der Waals surface area contributed by atoms with Gasteiger partial charge in [-0.05, 0) is 55.4 Å². The number of amides is 3. The molecule has 0 radical (unpaired) electrons. The lowest BCUT2D eigenvalue weighted by Crippen LogP contribution is -2.53. The second-order valence-corrected chi connectivity index (χ2v) is 11.0. The summed E-state index contributed by atoms with van der Waals surface area (Å²) in [4.78, 5) is 42.8. The van der Waals surface area contributed by atoms with Crippen LogP contribution in [0.3, 0.4) is 0 Å². The summed E-state index contributed by atoms with van der Waals surface area (Å²) in [5.74, 6) is -0.957. The van der Waals surface area contributed by atoms with Crippen LogP contribution in [-0.4, -0.2) is 64.8 Å². The van der Waals surface area contributed by atoms with Gasteiger partial charge in [0.05, 0.1) is 16.1 Å². The Hall–Kier alpha value is -2.36. The quantitative estimate of drug-likeness (QED) is 0.389. The average molecular weight is 597 g/mol. The molecular weight excluding hydrogens is 561 g/mol. The van der Waals surface area contributed by atoms with Crippen molar-refractivity contribution < 1.29 is 14.4 Å². The third-order valence-corrected chi connectivity index (χ3v) is 8.25. The van der Waals surface area contributed by atoms with Gasteiger partial charge in [-0.25, -0.2) is 0 Å². The number of carbonyl (C=O) groups is 3. The van der Waals surface area contributed by atoms with Crippen LogP contribution < -0.4 is 16.8 Å². The Bertz CT molecular complexity index is 1150. The third-order valence-electron chi connectivity index (χ3n) is 7.51. The number of primary amides is 1. The largest absolute Gasteiger partial charge is 0.370 e. The molecule has 4 rings (SSSR count). The van der Waals surface area contributed by atoms with Crippen LogP contribution in [0, 0.1) is 0 Å². The molecule has 2 fully saturated rings. The number of halogens is 3. The van der Waals surface area contributed by atoms with E-state index < -0.39 is 11.9 Å². The van der Waals surface area contributed by atoms with Crippen molar-refractivity contribution in [2.75, 3.05) is 13.1 Å².